The fourth-order valence-corrected chi connectivity index (χ4v) is 1.15. The Morgan fingerprint density at radius 3 is 2.62 bits per heavy atom. The van der Waals surface area contributed by atoms with Gasteiger partial charge < -0.3 is 5.11 Å². The Morgan fingerprint density at radius 1 is 1.62 bits per heavy atom. The first-order valence-corrected chi connectivity index (χ1v) is 4.13. The zero-order valence-corrected chi connectivity index (χ0v) is 7.98. The van der Waals surface area contributed by atoms with Gasteiger partial charge in [0.1, 0.15) is 0 Å². The number of hydrogen-bond donors (Lipinski definition) is 1. The van der Waals surface area contributed by atoms with E-state index < -0.39 is 0 Å². The molecule has 1 rings (SSSR count). The summed E-state index contributed by atoms with van der Waals surface area (Å²) in [6.45, 7) is 5.03. The molecule has 0 amide bonds. The third-order valence-corrected chi connectivity index (χ3v) is 1.76. The van der Waals surface area contributed by atoms with Crippen molar-refractivity contribution in [3.8, 4) is 0 Å². The molecule has 13 heavy (non-hydrogen) atoms. The van der Waals surface area contributed by atoms with Crippen molar-refractivity contribution in [1.29, 1.82) is 0 Å². The smallest absolute Gasteiger partial charge is 0.182 e. The van der Waals surface area contributed by atoms with Crippen LogP contribution in [0.3, 0.4) is 0 Å². The summed E-state index contributed by atoms with van der Waals surface area (Å²) in [5.74, 6) is -0.170. The topological polar surface area (TPSA) is 68.0 Å². The Bertz CT molecular complexity index is 317. The van der Waals surface area contributed by atoms with E-state index in [4.69, 9.17) is 5.11 Å². The van der Waals surface area contributed by atoms with Gasteiger partial charge in [-0.15, -0.1) is 5.10 Å². The molecule has 5 nitrogen and oxygen atoms in total. The van der Waals surface area contributed by atoms with E-state index in [1.165, 1.54) is 6.92 Å². The highest BCUT2D eigenvalue weighted by atomic mass is 16.3. The summed E-state index contributed by atoms with van der Waals surface area (Å²) in [7, 11) is 0. The van der Waals surface area contributed by atoms with E-state index in [1.807, 2.05) is 13.8 Å². The largest absolute Gasteiger partial charge is 0.390 e. The Hall–Kier alpha value is -1.23. The normalized spacial score (nSPS) is 10.8. The summed E-state index contributed by atoms with van der Waals surface area (Å²) < 4.78 is 1.55. The molecule has 72 valence electrons. The summed E-state index contributed by atoms with van der Waals surface area (Å²) in [6, 6.07) is 0.0998. The van der Waals surface area contributed by atoms with Gasteiger partial charge in [0.2, 0.25) is 0 Å². The molecule has 1 aromatic heterocycles. The molecule has 0 bridgehead atoms. The number of carbonyl (C=O) groups is 1. The molecule has 0 radical (unpaired) electrons. The number of Topliss-reactive ketones (excluding diaryl/α,β-unsaturated/α-hetero) is 1. The van der Waals surface area contributed by atoms with Crippen LogP contribution in [0.4, 0.5) is 0 Å². The lowest BCUT2D eigenvalue weighted by molar-refractivity contribution is 0.100. The summed E-state index contributed by atoms with van der Waals surface area (Å²) >= 11 is 0. The summed E-state index contributed by atoms with van der Waals surface area (Å²) in [6.07, 6.45) is 0. The molecule has 0 fully saturated rings. The molecule has 0 aliphatic heterocycles. The number of rotatable bonds is 3. The Kier molecular flexibility index (Phi) is 2.77. The van der Waals surface area contributed by atoms with Crippen molar-refractivity contribution in [2.24, 2.45) is 0 Å². The van der Waals surface area contributed by atoms with E-state index in [-0.39, 0.29) is 24.1 Å². The molecule has 0 aromatic carbocycles. The number of ketones is 1. The van der Waals surface area contributed by atoms with E-state index in [0.717, 1.165) is 0 Å². The maximum atomic E-state index is 11.0. The van der Waals surface area contributed by atoms with Crippen LogP contribution in [0.1, 0.15) is 43.0 Å². The number of carbonyl (C=O) groups excluding carboxylic acids is 1. The molecule has 0 spiro atoms. The third kappa shape index (κ3) is 1.75. The van der Waals surface area contributed by atoms with E-state index in [9.17, 15) is 4.79 Å². The van der Waals surface area contributed by atoms with Crippen LogP contribution >= 0.6 is 0 Å². The highest BCUT2D eigenvalue weighted by molar-refractivity contribution is 5.93. The van der Waals surface area contributed by atoms with Crippen LogP contribution in [0.2, 0.25) is 0 Å². The molecule has 1 N–H and O–H groups in total. The minimum absolute atomic E-state index is 0.0998. The number of nitrogens with zero attached hydrogens (tertiary/aromatic N) is 3. The second kappa shape index (κ2) is 3.66. The van der Waals surface area contributed by atoms with Crippen molar-refractivity contribution in [1.82, 2.24) is 15.0 Å². The molecule has 0 atom stereocenters. The van der Waals surface area contributed by atoms with Crippen LogP contribution in [-0.2, 0) is 6.61 Å². The van der Waals surface area contributed by atoms with E-state index in [0.29, 0.717) is 5.69 Å². The molecule has 0 saturated carbocycles. The van der Waals surface area contributed by atoms with Crippen molar-refractivity contribution >= 4 is 5.78 Å². The highest BCUT2D eigenvalue weighted by Crippen LogP contribution is 2.11. The second-order valence-electron chi connectivity index (χ2n) is 3.14. The van der Waals surface area contributed by atoms with Gasteiger partial charge in [0.05, 0.1) is 12.3 Å². The van der Waals surface area contributed by atoms with Crippen molar-refractivity contribution in [2.75, 3.05) is 0 Å². The van der Waals surface area contributed by atoms with Gasteiger partial charge >= 0.3 is 0 Å². The quantitative estimate of drug-likeness (QED) is 0.695. The molecule has 0 unspecified atom stereocenters. The summed E-state index contributed by atoms with van der Waals surface area (Å²) in [4.78, 5) is 11.0. The lowest BCUT2D eigenvalue weighted by Crippen LogP contribution is -2.09. The first-order chi connectivity index (χ1) is 6.07. The molecule has 0 aliphatic carbocycles. The predicted octanol–water partition coefficient (Wildman–Crippen LogP) is 0.554. The standard InChI is InChI=1S/C8H13N3O2/c1-5(2)11-7(4-12)8(6(3)13)9-10-11/h5,12H,4H2,1-3H3. The summed E-state index contributed by atoms with van der Waals surface area (Å²) in [5.41, 5.74) is 0.749. The van der Waals surface area contributed by atoms with Gasteiger partial charge in [0, 0.05) is 13.0 Å². The van der Waals surface area contributed by atoms with Gasteiger partial charge in [-0.3, -0.25) is 4.79 Å². The SMILES string of the molecule is CC(=O)c1nnn(C(C)C)c1CO. The lowest BCUT2D eigenvalue weighted by Gasteiger charge is -2.07. The Labute approximate surface area is 76.4 Å². The third-order valence-electron chi connectivity index (χ3n) is 1.76. The Morgan fingerprint density at radius 2 is 2.23 bits per heavy atom. The number of aliphatic hydroxyl groups excluding tert-OH is 1. The van der Waals surface area contributed by atoms with Crippen LogP contribution < -0.4 is 0 Å². The molecule has 1 heterocycles. The molecule has 5 heteroatoms. The fraction of sp³-hybridized carbons (Fsp3) is 0.625. The van der Waals surface area contributed by atoms with Gasteiger partial charge in [-0.1, -0.05) is 5.21 Å². The van der Waals surface area contributed by atoms with Crippen LogP contribution in [0, 0.1) is 0 Å². The minimum atomic E-state index is -0.208. The molecule has 0 aliphatic rings. The first kappa shape index (κ1) is 9.85. The maximum Gasteiger partial charge on any atom is 0.182 e. The monoisotopic (exact) mass is 183 g/mol. The Balaban J connectivity index is 3.18. The van der Waals surface area contributed by atoms with Gasteiger partial charge in [-0.05, 0) is 13.8 Å². The predicted molar refractivity (Wildman–Crippen MR) is 46.3 cm³/mol. The van der Waals surface area contributed by atoms with E-state index >= 15 is 0 Å². The van der Waals surface area contributed by atoms with E-state index in [2.05, 4.69) is 10.3 Å². The highest BCUT2D eigenvalue weighted by Gasteiger charge is 2.16. The van der Waals surface area contributed by atoms with Crippen molar-refractivity contribution < 1.29 is 9.90 Å². The summed E-state index contributed by atoms with van der Waals surface area (Å²) in [5, 5.41) is 16.5. The van der Waals surface area contributed by atoms with Crippen molar-refractivity contribution in [3.05, 3.63) is 11.4 Å². The van der Waals surface area contributed by atoms with Gasteiger partial charge in [0.25, 0.3) is 0 Å². The van der Waals surface area contributed by atoms with Crippen LogP contribution in [0.15, 0.2) is 0 Å². The first-order valence-electron chi connectivity index (χ1n) is 4.13. The maximum absolute atomic E-state index is 11.0. The van der Waals surface area contributed by atoms with Crippen LogP contribution in [-0.4, -0.2) is 25.9 Å². The van der Waals surface area contributed by atoms with E-state index in [1.54, 1.807) is 4.68 Å². The molecule has 0 saturated heterocycles. The number of aliphatic hydroxyl groups is 1. The molecule has 1 aromatic rings. The number of hydrogen-bond acceptors (Lipinski definition) is 4. The zero-order chi connectivity index (χ0) is 10.0. The molecular formula is C8H13N3O2. The van der Waals surface area contributed by atoms with Crippen LogP contribution in [0.25, 0.3) is 0 Å². The number of aromatic nitrogens is 3. The second-order valence-corrected chi connectivity index (χ2v) is 3.14. The van der Waals surface area contributed by atoms with Crippen molar-refractivity contribution in [3.63, 3.8) is 0 Å². The lowest BCUT2D eigenvalue weighted by atomic mass is 10.2. The minimum Gasteiger partial charge on any atom is -0.390 e. The fourth-order valence-electron chi connectivity index (χ4n) is 1.15. The zero-order valence-electron chi connectivity index (χ0n) is 7.98. The van der Waals surface area contributed by atoms with Gasteiger partial charge in [-0.2, -0.15) is 0 Å². The molecular weight excluding hydrogens is 170 g/mol. The van der Waals surface area contributed by atoms with Gasteiger partial charge in [-0.25, -0.2) is 4.68 Å². The average molecular weight is 183 g/mol. The van der Waals surface area contributed by atoms with Gasteiger partial charge in [0.15, 0.2) is 11.5 Å². The van der Waals surface area contributed by atoms with Crippen molar-refractivity contribution in [2.45, 2.75) is 33.4 Å². The van der Waals surface area contributed by atoms with Crippen LogP contribution in [0.5, 0.6) is 0 Å². The average Bonchev–Trinajstić information content (AvgIpc) is 2.46.